The molecule has 0 unspecified atom stereocenters. The predicted octanol–water partition coefficient (Wildman–Crippen LogP) is 3.43. The first-order valence-corrected chi connectivity index (χ1v) is 11.6. The fourth-order valence-corrected chi connectivity index (χ4v) is 3.67. The Morgan fingerprint density at radius 3 is 2.47 bits per heavy atom. The van der Waals surface area contributed by atoms with E-state index in [1.165, 1.54) is 6.20 Å². The van der Waals surface area contributed by atoms with Gasteiger partial charge in [0, 0.05) is 24.3 Å². The largest absolute Gasteiger partial charge is 0.459 e. The molecule has 0 atom stereocenters. The van der Waals surface area contributed by atoms with Gasteiger partial charge in [0.05, 0.1) is 5.56 Å². The SMILES string of the molecule is Cc1cccc(-c2nccc(Nc3ccnc(Nc4ccc(C(=O)OC5CCNCC5)cn4)n3)n2)n1. The zero-order valence-corrected chi connectivity index (χ0v) is 19.7. The molecule has 0 aromatic carbocycles. The van der Waals surface area contributed by atoms with E-state index >= 15 is 0 Å². The average molecular weight is 484 g/mol. The van der Waals surface area contributed by atoms with Gasteiger partial charge >= 0.3 is 5.97 Å². The van der Waals surface area contributed by atoms with Crippen molar-refractivity contribution in [1.82, 2.24) is 35.2 Å². The van der Waals surface area contributed by atoms with Gasteiger partial charge < -0.3 is 20.7 Å². The van der Waals surface area contributed by atoms with Crippen LogP contribution in [-0.4, -0.2) is 55.1 Å². The molecular formula is C25H25N9O2. The molecule has 0 radical (unpaired) electrons. The second-order valence-corrected chi connectivity index (χ2v) is 8.23. The standard InChI is InChI=1S/C25H25N9O2/c1-16-3-2-4-19(30-16)23-27-13-9-21(32-23)31-22-10-14-28-25(34-22)33-20-6-5-17(15-29-20)24(35)36-18-7-11-26-12-8-18/h2-6,9-10,13-15,18,26H,7-8,11-12H2,1H3,(H2,27,28,29,31,32,33,34). The summed E-state index contributed by atoms with van der Waals surface area (Å²) in [4.78, 5) is 38.7. The Kier molecular flexibility index (Phi) is 6.99. The molecule has 0 saturated carbocycles. The van der Waals surface area contributed by atoms with Gasteiger partial charge in [0.15, 0.2) is 5.82 Å². The lowest BCUT2D eigenvalue weighted by molar-refractivity contribution is 0.0229. The van der Waals surface area contributed by atoms with E-state index < -0.39 is 0 Å². The Morgan fingerprint density at radius 2 is 1.69 bits per heavy atom. The average Bonchev–Trinajstić information content (AvgIpc) is 2.90. The number of aryl methyl sites for hydroxylation is 1. The Bertz CT molecular complexity index is 1340. The molecule has 0 aliphatic carbocycles. The van der Waals surface area contributed by atoms with Gasteiger partial charge in [0.25, 0.3) is 0 Å². The van der Waals surface area contributed by atoms with Crippen molar-refractivity contribution in [1.29, 1.82) is 0 Å². The van der Waals surface area contributed by atoms with E-state index in [9.17, 15) is 4.79 Å². The van der Waals surface area contributed by atoms with Gasteiger partial charge in [0.1, 0.15) is 29.3 Å². The summed E-state index contributed by atoms with van der Waals surface area (Å²) in [6, 6.07) is 12.5. The van der Waals surface area contributed by atoms with Crippen molar-refractivity contribution in [3.63, 3.8) is 0 Å². The van der Waals surface area contributed by atoms with Gasteiger partial charge in [-0.05, 0) is 69.3 Å². The first-order valence-electron chi connectivity index (χ1n) is 11.6. The third-order valence-electron chi connectivity index (χ3n) is 5.48. The molecule has 4 aromatic rings. The van der Waals surface area contributed by atoms with Gasteiger partial charge in [0.2, 0.25) is 5.95 Å². The third-order valence-corrected chi connectivity index (χ3v) is 5.48. The molecule has 1 aliphatic heterocycles. The summed E-state index contributed by atoms with van der Waals surface area (Å²) < 4.78 is 5.56. The van der Waals surface area contributed by atoms with Crippen LogP contribution in [0.25, 0.3) is 11.5 Å². The molecule has 3 N–H and O–H groups in total. The monoisotopic (exact) mass is 483 g/mol. The van der Waals surface area contributed by atoms with E-state index in [4.69, 9.17) is 4.74 Å². The number of hydrogen-bond donors (Lipinski definition) is 3. The summed E-state index contributed by atoms with van der Waals surface area (Å²) >= 11 is 0. The summed E-state index contributed by atoms with van der Waals surface area (Å²) in [7, 11) is 0. The molecular weight excluding hydrogens is 458 g/mol. The highest BCUT2D eigenvalue weighted by Gasteiger charge is 2.18. The summed E-state index contributed by atoms with van der Waals surface area (Å²) in [5, 5.41) is 9.46. The number of esters is 1. The Morgan fingerprint density at radius 1 is 0.889 bits per heavy atom. The molecule has 5 rings (SSSR count). The summed E-state index contributed by atoms with van der Waals surface area (Å²) in [5.41, 5.74) is 1.98. The number of ether oxygens (including phenoxy) is 1. The van der Waals surface area contributed by atoms with Crippen molar-refractivity contribution < 1.29 is 9.53 Å². The number of aromatic nitrogens is 6. The van der Waals surface area contributed by atoms with E-state index in [1.807, 2.05) is 25.1 Å². The maximum absolute atomic E-state index is 12.4. The lowest BCUT2D eigenvalue weighted by Crippen LogP contribution is -2.33. The van der Waals surface area contributed by atoms with E-state index in [0.29, 0.717) is 40.5 Å². The molecule has 1 fully saturated rings. The number of carbonyl (C=O) groups is 1. The van der Waals surface area contributed by atoms with Gasteiger partial charge in [-0.1, -0.05) is 6.07 Å². The highest BCUT2D eigenvalue weighted by Crippen LogP contribution is 2.19. The first kappa shape index (κ1) is 23.2. The van der Waals surface area contributed by atoms with Crippen LogP contribution in [0, 0.1) is 6.92 Å². The second-order valence-electron chi connectivity index (χ2n) is 8.23. The minimum atomic E-state index is -0.367. The summed E-state index contributed by atoms with van der Waals surface area (Å²) in [5.74, 6) is 2.10. The highest BCUT2D eigenvalue weighted by atomic mass is 16.5. The van der Waals surface area contributed by atoms with Crippen LogP contribution in [0.2, 0.25) is 0 Å². The third kappa shape index (κ3) is 5.94. The van der Waals surface area contributed by atoms with Crippen LogP contribution in [0.15, 0.2) is 61.1 Å². The zero-order valence-electron chi connectivity index (χ0n) is 19.7. The zero-order chi connectivity index (χ0) is 24.7. The number of nitrogens with zero attached hydrogens (tertiary/aromatic N) is 6. The number of piperidine rings is 1. The van der Waals surface area contributed by atoms with Crippen molar-refractivity contribution in [2.75, 3.05) is 23.7 Å². The molecule has 11 nitrogen and oxygen atoms in total. The number of anilines is 4. The van der Waals surface area contributed by atoms with E-state index in [1.54, 1.807) is 36.7 Å². The van der Waals surface area contributed by atoms with Crippen molar-refractivity contribution in [2.45, 2.75) is 25.9 Å². The van der Waals surface area contributed by atoms with Gasteiger partial charge in [-0.25, -0.2) is 29.7 Å². The van der Waals surface area contributed by atoms with Crippen molar-refractivity contribution >= 4 is 29.4 Å². The molecule has 5 heterocycles. The molecule has 11 heteroatoms. The number of hydrogen-bond acceptors (Lipinski definition) is 11. The molecule has 0 spiro atoms. The van der Waals surface area contributed by atoms with Crippen LogP contribution in [0.5, 0.6) is 0 Å². The molecule has 36 heavy (non-hydrogen) atoms. The molecule has 0 amide bonds. The van der Waals surface area contributed by atoms with Crippen LogP contribution in [-0.2, 0) is 4.74 Å². The van der Waals surface area contributed by atoms with Crippen LogP contribution >= 0.6 is 0 Å². The Hall–Kier alpha value is -4.51. The van der Waals surface area contributed by atoms with Crippen molar-refractivity contribution in [3.8, 4) is 11.5 Å². The molecule has 4 aromatic heterocycles. The van der Waals surface area contributed by atoms with Crippen LogP contribution in [0.1, 0.15) is 28.9 Å². The molecule has 182 valence electrons. The quantitative estimate of drug-likeness (QED) is 0.333. The van der Waals surface area contributed by atoms with Gasteiger partial charge in [-0.3, -0.25) is 0 Å². The Balaban J connectivity index is 1.23. The number of rotatable bonds is 7. The normalized spacial score (nSPS) is 13.7. The molecule has 1 aliphatic rings. The molecule has 0 bridgehead atoms. The second kappa shape index (κ2) is 10.8. The van der Waals surface area contributed by atoms with Gasteiger partial charge in [-0.15, -0.1) is 0 Å². The fraction of sp³-hybridized carbons (Fsp3) is 0.240. The lowest BCUT2D eigenvalue weighted by Gasteiger charge is -2.22. The van der Waals surface area contributed by atoms with Crippen LogP contribution in [0.4, 0.5) is 23.4 Å². The van der Waals surface area contributed by atoms with E-state index in [0.717, 1.165) is 31.6 Å². The fourth-order valence-electron chi connectivity index (χ4n) is 3.67. The van der Waals surface area contributed by atoms with Crippen LogP contribution < -0.4 is 16.0 Å². The lowest BCUT2D eigenvalue weighted by atomic mass is 10.1. The molecule has 1 saturated heterocycles. The predicted molar refractivity (Wildman–Crippen MR) is 134 cm³/mol. The Labute approximate surface area is 207 Å². The highest BCUT2D eigenvalue weighted by molar-refractivity contribution is 5.89. The topological polar surface area (TPSA) is 140 Å². The maximum atomic E-state index is 12.4. The van der Waals surface area contributed by atoms with E-state index in [-0.39, 0.29) is 12.1 Å². The first-order chi connectivity index (χ1) is 17.6. The van der Waals surface area contributed by atoms with Crippen molar-refractivity contribution in [2.24, 2.45) is 0 Å². The minimum Gasteiger partial charge on any atom is -0.459 e. The number of nitrogens with one attached hydrogen (secondary N) is 3. The summed E-state index contributed by atoms with van der Waals surface area (Å²) in [6.07, 6.45) is 6.34. The smallest absolute Gasteiger partial charge is 0.339 e. The summed E-state index contributed by atoms with van der Waals surface area (Å²) in [6.45, 7) is 3.63. The van der Waals surface area contributed by atoms with Crippen LogP contribution in [0.3, 0.4) is 0 Å². The van der Waals surface area contributed by atoms with E-state index in [2.05, 4.69) is 45.9 Å². The minimum absolute atomic E-state index is 0.0563. The van der Waals surface area contributed by atoms with Crippen molar-refractivity contribution in [3.05, 3.63) is 72.3 Å². The maximum Gasteiger partial charge on any atom is 0.339 e. The number of carbonyl (C=O) groups excluding carboxylic acids is 1. The van der Waals surface area contributed by atoms with Gasteiger partial charge in [-0.2, -0.15) is 4.98 Å². The number of pyridine rings is 2.